The van der Waals surface area contributed by atoms with E-state index >= 15 is 0 Å². The van der Waals surface area contributed by atoms with Crippen LogP contribution in [0.2, 0.25) is 0 Å². The second kappa shape index (κ2) is 7.73. The van der Waals surface area contributed by atoms with Crippen LogP contribution in [0.5, 0.6) is 0 Å². The third-order valence-corrected chi connectivity index (χ3v) is 3.80. The Labute approximate surface area is 111 Å². The number of nitriles is 1. The topological polar surface area (TPSA) is 48.3 Å². The third-order valence-electron chi connectivity index (χ3n) is 3.80. The molecule has 1 fully saturated rings. The first-order valence-corrected chi connectivity index (χ1v) is 7.00. The highest BCUT2D eigenvalue weighted by Crippen LogP contribution is 2.14. The fraction of sp³-hybridized carbons (Fsp3) is 0.929. The van der Waals surface area contributed by atoms with Crippen LogP contribution in [0.1, 0.15) is 39.0 Å². The fourth-order valence-corrected chi connectivity index (χ4v) is 2.32. The maximum Gasteiger partial charge on any atom is 0.103 e. The quantitative estimate of drug-likeness (QED) is 0.670. The lowest BCUT2D eigenvalue weighted by atomic mass is 9.97. The van der Waals surface area contributed by atoms with Crippen LogP contribution in [-0.4, -0.2) is 50.3 Å². The lowest BCUT2D eigenvalue weighted by Gasteiger charge is -2.23. The molecule has 0 aromatic carbocycles. The van der Waals surface area contributed by atoms with Crippen molar-refractivity contribution >= 4 is 0 Å². The molecule has 2 atom stereocenters. The molecule has 1 aliphatic heterocycles. The molecule has 104 valence electrons. The van der Waals surface area contributed by atoms with Gasteiger partial charge in [0.2, 0.25) is 0 Å². The number of unbranched alkanes of at least 4 members (excludes halogenated alkanes) is 1. The van der Waals surface area contributed by atoms with Crippen LogP contribution in [0.4, 0.5) is 0 Å². The van der Waals surface area contributed by atoms with Crippen molar-refractivity contribution in [2.45, 2.75) is 50.7 Å². The predicted octanol–water partition coefficient (Wildman–Crippen LogP) is 1.77. The molecule has 0 aromatic rings. The summed E-state index contributed by atoms with van der Waals surface area (Å²) in [4.78, 5) is 2.35. The Kier molecular flexibility index (Phi) is 6.62. The van der Waals surface area contributed by atoms with E-state index in [2.05, 4.69) is 23.3 Å². The molecule has 1 N–H and O–H groups in total. The van der Waals surface area contributed by atoms with Crippen LogP contribution in [0, 0.1) is 11.3 Å². The van der Waals surface area contributed by atoms with E-state index in [0.717, 1.165) is 39.0 Å². The van der Waals surface area contributed by atoms with Gasteiger partial charge in [0.15, 0.2) is 0 Å². The van der Waals surface area contributed by atoms with Crippen LogP contribution in [0.3, 0.4) is 0 Å². The Hall–Kier alpha value is -0.630. The van der Waals surface area contributed by atoms with Gasteiger partial charge >= 0.3 is 0 Å². The summed E-state index contributed by atoms with van der Waals surface area (Å²) in [5, 5.41) is 12.1. The van der Waals surface area contributed by atoms with Gasteiger partial charge in [0.05, 0.1) is 12.2 Å². The summed E-state index contributed by atoms with van der Waals surface area (Å²) in [5.74, 6) is 0. The molecular weight excluding hydrogens is 226 g/mol. The lowest BCUT2D eigenvalue weighted by Crippen LogP contribution is -2.38. The standard InChI is InChI=1S/C14H27N3O/c1-14(12-15,16-2)8-4-5-9-17(3)11-13-7-6-10-18-13/h13,16H,4-11H2,1-3H3. The summed E-state index contributed by atoms with van der Waals surface area (Å²) in [5.41, 5.74) is -0.368. The summed E-state index contributed by atoms with van der Waals surface area (Å²) < 4.78 is 5.62. The number of hydrogen-bond donors (Lipinski definition) is 1. The highest BCUT2D eigenvalue weighted by atomic mass is 16.5. The summed E-state index contributed by atoms with van der Waals surface area (Å²) in [7, 11) is 4.01. The van der Waals surface area contributed by atoms with E-state index in [-0.39, 0.29) is 5.54 Å². The van der Waals surface area contributed by atoms with Crippen molar-refractivity contribution in [2.75, 3.05) is 33.8 Å². The van der Waals surface area contributed by atoms with Gasteiger partial charge in [-0.15, -0.1) is 0 Å². The first-order valence-electron chi connectivity index (χ1n) is 7.00. The van der Waals surface area contributed by atoms with E-state index in [1.54, 1.807) is 0 Å². The molecule has 0 saturated carbocycles. The SMILES string of the molecule is CNC(C)(C#N)CCCCN(C)CC1CCCO1. The summed E-state index contributed by atoms with van der Waals surface area (Å²) in [6.07, 6.45) is 5.99. The molecule has 0 amide bonds. The third kappa shape index (κ3) is 5.34. The van der Waals surface area contributed by atoms with Crippen molar-refractivity contribution in [3.8, 4) is 6.07 Å². The Morgan fingerprint density at radius 2 is 2.28 bits per heavy atom. The van der Waals surface area contributed by atoms with Crippen molar-refractivity contribution < 1.29 is 4.74 Å². The molecule has 1 aliphatic rings. The average molecular weight is 253 g/mol. The molecule has 18 heavy (non-hydrogen) atoms. The van der Waals surface area contributed by atoms with Gasteiger partial charge in [-0.3, -0.25) is 0 Å². The van der Waals surface area contributed by atoms with Gasteiger partial charge < -0.3 is 15.0 Å². The Morgan fingerprint density at radius 1 is 1.50 bits per heavy atom. The molecule has 0 bridgehead atoms. The molecule has 1 rings (SSSR count). The maximum absolute atomic E-state index is 9.04. The van der Waals surface area contributed by atoms with Crippen LogP contribution in [0.25, 0.3) is 0 Å². The molecule has 2 unspecified atom stereocenters. The Morgan fingerprint density at radius 3 is 2.83 bits per heavy atom. The van der Waals surface area contributed by atoms with E-state index < -0.39 is 0 Å². The lowest BCUT2D eigenvalue weighted by molar-refractivity contribution is 0.0806. The minimum atomic E-state index is -0.368. The van der Waals surface area contributed by atoms with Gasteiger partial charge in [0, 0.05) is 13.2 Å². The average Bonchev–Trinajstić information content (AvgIpc) is 2.87. The van der Waals surface area contributed by atoms with Crippen LogP contribution in [-0.2, 0) is 4.74 Å². The molecular formula is C14H27N3O. The monoisotopic (exact) mass is 253 g/mol. The molecule has 0 spiro atoms. The second-order valence-corrected chi connectivity index (χ2v) is 5.55. The fourth-order valence-electron chi connectivity index (χ4n) is 2.32. The zero-order valence-corrected chi connectivity index (χ0v) is 12.0. The van der Waals surface area contributed by atoms with E-state index in [1.807, 2.05) is 14.0 Å². The maximum atomic E-state index is 9.04. The number of nitrogens with zero attached hydrogens (tertiary/aromatic N) is 2. The summed E-state index contributed by atoms with van der Waals surface area (Å²) >= 11 is 0. The first kappa shape index (κ1) is 15.4. The van der Waals surface area contributed by atoms with Gasteiger partial charge in [0.1, 0.15) is 5.54 Å². The van der Waals surface area contributed by atoms with Crippen LogP contribution >= 0.6 is 0 Å². The van der Waals surface area contributed by atoms with Crippen molar-refractivity contribution in [3.05, 3.63) is 0 Å². The number of likely N-dealkylation sites (N-methyl/N-ethyl adjacent to an activating group) is 1. The molecule has 0 radical (unpaired) electrons. The zero-order chi connectivity index (χ0) is 13.4. The molecule has 4 nitrogen and oxygen atoms in total. The molecule has 1 saturated heterocycles. The zero-order valence-electron chi connectivity index (χ0n) is 12.0. The molecule has 0 aromatic heterocycles. The number of rotatable bonds is 8. The minimum Gasteiger partial charge on any atom is -0.377 e. The summed E-state index contributed by atoms with van der Waals surface area (Å²) in [6.45, 7) is 5.02. The van der Waals surface area contributed by atoms with E-state index in [4.69, 9.17) is 10.00 Å². The predicted molar refractivity (Wildman–Crippen MR) is 73.4 cm³/mol. The molecule has 4 heteroatoms. The van der Waals surface area contributed by atoms with Gasteiger partial charge in [-0.2, -0.15) is 5.26 Å². The van der Waals surface area contributed by atoms with E-state index in [9.17, 15) is 0 Å². The minimum absolute atomic E-state index is 0.368. The van der Waals surface area contributed by atoms with Crippen LogP contribution in [0.15, 0.2) is 0 Å². The van der Waals surface area contributed by atoms with Gasteiger partial charge in [-0.05, 0) is 59.7 Å². The smallest absolute Gasteiger partial charge is 0.103 e. The van der Waals surface area contributed by atoms with Gasteiger partial charge in [0.25, 0.3) is 0 Å². The Balaban J connectivity index is 2.08. The number of nitrogens with one attached hydrogen (secondary N) is 1. The highest BCUT2D eigenvalue weighted by molar-refractivity contribution is 5.02. The highest BCUT2D eigenvalue weighted by Gasteiger charge is 2.20. The first-order chi connectivity index (χ1) is 8.59. The van der Waals surface area contributed by atoms with Gasteiger partial charge in [-0.25, -0.2) is 0 Å². The number of ether oxygens (including phenoxy) is 1. The van der Waals surface area contributed by atoms with Crippen molar-refractivity contribution in [1.29, 1.82) is 5.26 Å². The van der Waals surface area contributed by atoms with Crippen molar-refractivity contribution in [1.82, 2.24) is 10.2 Å². The number of hydrogen-bond acceptors (Lipinski definition) is 4. The molecule has 1 heterocycles. The second-order valence-electron chi connectivity index (χ2n) is 5.55. The Bertz CT molecular complexity index is 271. The van der Waals surface area contributed by atoms with E-state index in [0.29, 0.717) is 6.10 Å². The van der Waals surface area contributed by atoms with Crippen molar-refractivity contribution in [3.63, 3.8) is 0 Å². The largest absolute Gasteiger partial charge is 0.377 e. The summed E-state index contributed by atoms with van der Waals surface area (Å²) in [6, 6.07) is 2.33. The van der Waals surface area contributed by atoms with E-state index in [1.165, 1.54) is 12.8 Å². The normalized spacial score (nSPS) is 22.9. The molecule has 0 aliphatic carbocycles. The van der Waals surface area contributed by atoms with Gasteiger partial charge in [-0.1, -0.05) is 0 Å². The van der Waals surface area contributed by atoms with Crippen LogP contribution < -0.4 is 5.32 Å². The van der Waals surface area contributed by atoms with Crippen molar-refractivity contribution in [2.24, 2.45) is 0 Å².